The summed E-state index contributed by atoms with van der Waals surface area (Å²) < 4.78 is 61.8. The van der Waals surface area contributed by atoms with Gasteiger partial charge in [-0.25, -0.2) is 31.6 Å². The summed E-state index contributed by atoms with van der Waals surface area (Å²) in [7, 11) is -6.75. The number of carbonyl (C=O) groups excluding carboxylic acids is 1. The number of rotatable bonds is 11. The number of hydrogen-bond donors (Lipinski definition) is 3. The molecule has 1 aromatic heterocycles. The van der Waals surface area contributed by atoms with Gasteiger partial charge < -0.3 is 9.47 Å². The molecular weight excluding hydrogens is 552 g/mol. The van der Waals surface area contributed by atoms with Crippen molar-refractivity contribution < 1.29 is 46.4 Å². The highest BCUT2D eigenvalue weighted by Crippen LogP contribution is 2.42. The Morgan fingerprint density at radius 1 is 1.30 bits per heavy atom. The normalized spacial score (nSPS) is 17.5. The summed E-state index contributed by atoms with van der Waals surface area (Å²) in [6.07, 6.45) is -0.419. The molecule has 1 aromatic carbocycles. The van der Waals surface area contributed by atoms with Crippen molar-refractivity contribution in [3.8, 4) is 5.75 Å². The van der Waals surface area contributed by atoms with E-state index in [-0.39, 0.29) is 46.0 Å². The molecule has 0 bridgehead atoms. The molecule has 0 saturated heterocycles. The van der Waals surface area contributed by atoms with Gasteiger partial charge in [-0.15, -0.1) is 11.3 Å². The molecule has 0 unspecified atom stereocenters. The molecule has 0 saturated carbocycles. The van der Waals surface area contributed by atoms with Gasteiger partial charge in [-0.1, -0.05) is 12.1 Å². The molecule has 1 aliphatic heterocycles. The van der Waals surface area contributed by atoms with Gasteiger partial charge in [0.15, 0.2) is 0 Å². The number of nitrogens with two attached hydrogens (primary N) is 1. The Labute approximate surface area is 218 Å². The van der Waals surface area contributed by atoms with Crippen molar-refractivity contribution in [1.29, 1.82) is 0 Å². The number of likely N-dealkylation sites (N-methyl/N-ethyl adjacent to an activating group) is 1. The number of fused-ring (bicyclic) bond motifs is 1. The van der Waals surface area contributed by atoms with Crippen molar-refractivity contribution >= 4 is 37.5 Å². The molecule has 17 heteroatoms. The number of nitrogens with zero attached hydrogens (tertiary/aromatic N) is 3. The van der Waals surface area contributed by atoms with E-state index < -0.39 is 37.6 Å². The van der Waals surface area contributed by atoms with E-state index in [1.54, 1.807) is 19.1 Å². The molecule has 37 heavy (non-hydrogen) atoms. The minimum Gasteiger partial charge on any atom is -0.410 e. The van der Waals surface area contributed by atoms with Gasteiger partial charge >= 0.3 is 6.09 Å². The zero-order valence-corrected chi connectivity index (χ0v) is 22.5. The van der Waals surface area contributed by atoms with Gasteiger partial charge in [0.1, 0.15) is 14.2 Å². The number of amides is 1. The van der Waals surface area contributed by atoms with Gasteiger partial charge in [0, 0.05) is 38.9 Å². The van der Waals surface area contributed by atoms with E-state index in [4.69, 9.17) is 25.0 Å². The number of carbonyl (C=O) groups is 1. The third-order valence-corrected chi connectivity index (χ3v) is 10.4. The van der Waals surface area contributed by atoms with Crippen molar-refractivity contribution in [2.45, 2.75) is 34.4 Å². The number of methoxy groups -OCH3 is 1. The highest BCUT2D eigenvalue weighted by molar-refractivity contribution is 7.94. The first-order chi connectivity index (χ1) is 17.4. The Morgan fingerprint density at radius 3 is 2.65 bits per heavy atom. The first kappa shape index (κ1) is 29.4. The van der Waals surface area contributed by atoms with Crippen LogP contribution < -0.4 is 9.88 Å². The molecule has 2 aromatic rings. The minimum atomic E-state index is -4.20. The number of hydrogen-bond acceptors (Lipinski definition) is 12. The Balaban J connectivity index is 1.94. The minimum absolute atomic E-state index is 0.0934. The number of sulfonamides is 2. The summed E-state index contributed by atoms with van der Waals surface area (Å²) >= 11 is 0.538. The van der Waals surface area contributed by atoms with E-state index >= 15 is 0 Å². The second kappa shape index (κ2) is 12.1. The average molecular weight is 581 g/mol. The number of ether oxygens (including phenoxy) is 2. The van der Waals surface area contributed by atoms with Gasteiger partial charge in [-0.3, -0.25) is 15.3 Å². The van der Waals surface area contributed by atoms with E-state index in [2.05, 4.69) is 4.84 Å². The summed E-state index contributed by atoms with van der Waals surface area (Å²) in [6, 6.07) is 6.46. The molecule has 0 radical (unpaired) electrons. The molecular formula is C20H28N4O10S3. The van der Waals surface area contributed by atoms with Crippen molar-refractivity contribution in [3.63, 3.8) is 0 Å². The van der Waals surface area contributed by atoms with Gasteiger partial charge in [0.05, 0.1) is 18.0 Å². The maximum absolute atomic E-state index is 13.3. The monoisotopic (exact) mass is 580 g/mol. The molecule has 0 spiro atoms. The van der Waals surface area contributed by atoms with Crippen molar-refractivity contribution in [2.24, 2.45) is 5.14 Å². The lowest BCUT2D eigenvalue weighted by atomic mass is 10.1. The molecule has 1 amide bonds. The molecule has 1 atom stereocenters. The summed E-state index contributed by atoms with van der Waals surface area (Å²) in [5, 5.41) is 22.3. The fourth-order valence-corrected chi connectivity index (χ4v) is 8.06. The highest BCUT2D eigenvalue weighted by atomic mass is 32.3. The first-order valence-electron chi connectivity index (χ1n) is 10.9. The lowest BCUT2D eigenvalue weighted by molar-refractivity contribution is -0.497. The lowest BCUT2D eigenvalue weighted by Gasteiger charge is -2.37. The molecule has 14 nitrogen and oxygen atoms in total. The maximum Gasteiger partial charge on any atom is 0.415 e. The first-order valence-corrected chi connectivity index (χ1v) is 14.7. The zero-order chi connectivity index (χ0) is 27.4. The largest absolute Gasteiger partial charge is 0.415 e. The molecule has 206 valence electrons. The molecule has 0 aliphatic carbocycles. The lowest BCUT2D eigenvalue weighted by Crippen LogP contribution is -2.47. The predicted octanol–water partition coefficient (Wildman–Crippen LogP) is 1.51. The Bertz CT molecular complexity index is 1310. The van der Waals surface area contributed by atoms with Crippen LogP contribution in [0, 0.1) is 0 Å². The summed E-state index contributed by atoms with van der Waals surface area (Å²) in [6.45, 7) is 1.84. The van der Waals surface area contributed by atoms with Crippen LogP contribution in [0.1, 0.15) is 30.5 Å². The maximum atomic E-state index is 13.3. The molecule has 1 aliphatic rings. The smallest absolute Gasteiger partial charge is 0.410 e. The van der Waals surface area contributed by atoms with E-state index in [9.17, 15) is 21.6 Å². The van der Waals surface area contributed by atoms with Crippen molar-refractivity contribution in [3.05, 3.63) is 41.5 Å². The number of primary sulfonamides is 1. The van der Waals surface area contributed by atoms with Crippen LogP contribution in [-0.4, -0.2) is 81.3 Å². The number of thiophene rings is 1. The van der Waals surface area contributed by atoms with Gasteiger partial charge in [0.25, 0.3) is 10.0 Å². The molecule has 0 fully saturated rings. The van der Waals surface area contributed by atoms with Gasteiger partial charge in [-0.2, -0.15) is 4.31 Å². The Morgan fingerprint density at radius 2 is 2.03 bits per heavy atom. The van der Waals surface area contributed by atoms with Crippen LogP contribution in [0.4, 0.5) is 4.79 Å². The van der Waals surface area contributed by atoms with Gasteiger partial charge in [0.2, 0.25) is 10.0 Å². The van der Waals surface area contributed by atoms with Gasteiger partial charge in [-0.05, 0) is 37.1 Å². The third-order valence-electron chi connectivity index (χ3n) is 5.45. The second-order valence-corrected chi connectivity index (χ2v) is 12.9. The Hall–Kier alpha value is -2.19. The fourth-order valence-electron chi connectivity index (χ4n) is 3.78. The van der Waals surface area contributed by atoms with Crippen molar-refractivity contribution in [2.75, 3.05) is 33.4 Å². The van der Waals surface area contributed by atoms with E-state index in [0.29, 0.717) is 29.9 Å². The standard InChI is InChI=1S/C20H28N4O10S3/c1-3-23(20(25)34-15-7-4-6-14(10-15)13-33-24(26)27)17-12-22(8-5-9-32-2)37(30,31)19-16(17)11-18(35-19)36(21,28)29/h4,6-7,10-11,17,26-27H,3,5,8-9,12-13H2,1-2H3,(H2,21,28,29)/t17-/m0/s1. The van der Waals surface area contributed by atoms with Crippen LogP contribution in [0.3, 0.4) is 0 Å². The topological polar surface area (TPSA) is 189 Å². The van der Waals surface area contributed by atoms with Crippen LogP contribution in [0.25, 0.3) is 0 Å². The quantitative estimate of drug-likeness (QED) is 0.258. The number of benzene rings is 1. The zero-order valence-electron chi connectivity index (χ0n) is 20.0. The van der Waals surface area contributed by atoms with E-state index in [1.807, 2.05) is 0 Å². The van der Waals surface area contributed by atoms with Crippen LogP contribution in [0.15, 0.2) is 38.8 Å². The summed E-state index contributed by atoms with van der Waals surface area (Å²) in [4.78, 5) is 19.1. The predicted molar refractivity (Wildman–Crippen MR) is 129 cm³/mol. The van der Waals surface area contributed by atoms with Crippen molar-refractivity contribution in [1.82, 2.24) is 14.6 Å². The molecule has 4 N–H and O–H groups in total. The average Bonchev–Trinajstić information content (AvgIpc) is 3.29. The molecule has 3 rings (SSSR count). The SMILES string of the molecule is CCN(C(=O)Oc1cccc(CON(O)O)c1)[C@H]1CN(CCCOC)S(=O)(=O)c2sc(S(N)(=O)=O)cc21. The van der Waals surface area contributed by atoms with Crippen LogP contribution in [0.5, 0.6) is 5.75 Å². The Kier molecular flexibility index (Phi) is 9.62. The van der Waals surface area contributed by atoms with Crippen LogP contribution >= 0.6 is 11.3 Å². The van der Waals surface area contributed by atoms with E-state index in [1.165, 1.54) is 34.5 Å². The van der Waals surface area contributed by atoms with Crippen LogP contribution in [0.2, 0.25) is 0 Å². The van der Waals surface area contributed by atoms with E-state index in [0.717, 1.165) is 0 Å². The fraction of sp³-hybridized carbons (Fsp3) is 0.450. The van der Waals surface area contributed by atoms with Crippen LogP contribution in [-0.2, 0) is 36.2 Å². The summed E-state index contributed by atoms with van der Waals surface area (Å²) in [5.41, 5.74) is 0.608. The second-order valence-electron chi connectivity index (χ2n) is 7.91. The highest BCUT2D eigenvalue weighted by Gasteiger charge is 2.43. The third kappa shape index (κ3) is 7.02. The summed E-state index contributed by atoms with van der Waals surface area (Å²) in [5.74, 6) is 0.128. The molecule has 2 heterocycles.